The fourth-order valence-corrected chi connectivity index (χ4v) is 3.30. The molecule has 6 heteroatoms. The van der Waals surface area contributed by atoms with Gasteiger partial charge in [-0.25, -0.2) is 5.43 Å². The fourth-order valence-electron chi connectivity index (χ4n) is 3.30. The lowest BCUT2D eigenvalue weighted by atomic mass is 9.89. The number of phenolic OH excluding ortho intramolecular Hbond substituents is 1. The SMILES string of the molecule is O=C(CNC(=O)C1CCCCC1)N/N=C/c1c(O)ccc2ccccc12. The van der Waals surface area contributed by atoms with Gasteiger partial charge in [-0.05, 0) is 29.7 Å². The van der Waals surface area contributed by atoms with Crippen LogP contribution in [0.2, 0.25) is 0 Å². The number of benzene rings is 2. The van der Waals surface area contributed by atoms with Crippen molar-refractivity contribution >= 4 is 28.8 Å². The Morgan fingerprint density at radius 2 is 1.88 bits per heavy atom. The maximum atomic E-state index is 12.0. The maximum absolute atomic E-state index is 12.0. The van der Waals surface area contributed by atoms with Gasteiger partial charge >= 0.3 is 0 Å². The Bertz CT molecular complexity index is 826. The van der Waals surface area contributed by atoms with E-state index in [0.717, 1.165) is 36.5 Å². The Balaban J connectivity index is 1.54. The van der Waals surface area contributed by atoms with Crippen LogP contribution in [0.25, 0.3) is 10.8 Å². The molecule has 1 fully saturated rings. The summed E-state index contributed by atoms with van der Waals surface area (Å²) in [6.45, 7) is -0.103. The molecular weight excluding hydrogens is 330 g/mol. The largest absolute Gasteiger partial charge is 0.507 e. The lowest BCUT2D eigenvalue weighted by molar-refractivity contribution is -0.129. The van der Waals surface area contributed by atoms with E-state index in [1.54, 1.807) is 6.07 Å². The molecule has 0 unspecified atom stereocenters. The number of rotatable bonds is 5. The van der Waals surface area contributed by atoms with Crippen molar-refractivity contribution in [1.29, 1.82) is 0 Å². The minimum Gasteiger partial charge on any atom is -0.507 e. The van der Waals surface area contributed by atoms with Gasteiger partial charge in [0.1, 0.15) is 5.75 Å². The van der Waals surface area contributed by atoms with Crippen molar-refractivity contribution in [1.82, 2.24) is 10.7 Å². The Kier molecular flexibility index (Phi) is 5.84. The highest BCUT2D eigenvalue weighted by molar-refractivity contribution is 6.02. The highest BCUT2D eigenvalue weighted by Gasteiger charge is 2.21. The second kappa shape index (κ2) is 8.47. The van der Waals surface area contributed by atoms with E-state index in [4.69, 9.17) is 0 Å². The lowest BCUT2D eigenvalue weighted by Gasteiger charge is -2.20. The van der Waals surface area contributed by atoms with E-state index in [1.807, 2.05) is 30.3 Å². The van der Waals surface area contributed by atoms with Gasteiger partial charge < -0.3 is 10.4 Å². The van der Waals surface area contributed by atoms with Crippen LogP contribution in [0.1, 0.15) is 37.7 Å². The van der Waals surface area contributed by atoms with Crippen molar-refractivity contribution in [3.05, 3.63) is 42.0 Å². The number of aromatic hydroxyl groups is 1. The average molecular weight is 353 g/mol. The number of phenols is 1. The van der Waals surface area contributed by atoms with Crippen molar-refractivity contribution in [3.8, 4) is 5.75 Å². The number of nitrogens with one attached hydrogen (secondary N) is 2. The van der Waals surface area contributed by atoms with E-state index in [-0.39, 0.29) is 24.1 Å². The summed E-state index contributed by atoms with van der Waals surface area (Å²) in [7, 11) is 0. The molecule has 3 N–H and O–H groups in total. The van der Waals surface area contributed by atoms with Gasteiger partial charge in [0.05, 0.1) is 12.8 Å². The van der Waals surface area contributed by atoms with Gasteiger partial charge in [-0.2, -0.15) is 5.10 Å². The third-order valence-electron chi connectivity index (χ3n) is 4.73. The summed E-state index contributed by atoms with van der Waals surface area (Å²) >= 11 is 0. The monoisotopic (exact) mass is 353 g/mol. The van der Waals surface area contributed by atoms with E-state index in [9.17, 15) is 14.7 Å². The Morgan fingerprint density at radius 3 is 2.69 bits per heavy atom. The van der Waals surface area contributed by atoms with E-state index >= 15 is 0 Å². The number of hydrogen-bond donors (Lipinski definition) is 3. The van der Waals surface area contributed by atoms with Crippen LogP contribution in [0.5, 0.6) is 5.75 Å². The van der Waals surface area contributed by atoms with Gasteiger partial charge in [-0.3, -0.25) is 9.59 Å². The first-order chi connectivity index (χ1) is 12.6. The Morgan fingerprint density at radius 1 is 1.12 bits per heavy atom. The van der Waals surface area contributed by atoms with Crippen LogP contribution >= 0.6 is 0 Å². The van der Waals surface area contributed by atoms with E-state index in [2.05, 4.69) is 15.8 Å². The van der Waals surface area contributed by atoms with Gasteiger partial charge in [-0.1, -0.05) is 49.6 Å². The van der Waals surface area contributed by atoms with Crippen LogP contribution in [0.15, 0.2) is 41.5 Å². The number of amides is 2. The molecule has 0 heterocycles. The molecule has 136 valence electrons. The van der Waals surface area contributed by atoms with Crippen LogP contribution in [0.4, 0.5) is 0 Å². The molecule has 3 rings (SSSR count). The molecule has 0 aromatic heterocycles. The van der Waals surface area contributed by atoms with Crippen molar-refractivity contribution in [2.75, 3.05) is 6.54 Å². The molecule has 0 bridgehead atoms. The third-order valence-corrected chi connectivity index (χ3v) is 4.73. The van der Waals surface area contributed by atoms with Gasteiger partial charge in [0.15, 0.2) is 0 Å². The first-order valence-corrected chi connectivity index (χ1v) is 8.95. The first-order valence-electron chi connectivity index (χ1n) is 8.95. The average Bonchev–Trinajstić information content (AvgIpc) is 2.68. The minimum atomic E-state index is -0.398. The second-order valence-electron chi connectivity index (χ2n) is 6.57. The third kappa shape index (κ3) is 4.39. The summed E-state index contributed by atoms with van der Waals surface area (Å²) in [5.41, 5.74) is 2.92. The molecule has 1 aliphatic rings. The number of carbonyl (C=O) groups is 2. The smallest absolute Gasteiger partial charge is 0.259 e. The van der Waals surface area contributed by atoms with Crippen LogP contribution in [0.3, 0.4) is 0 Å². The molecule has 0 spiro atoms. The molecule has 2 amide bonds. The predicted octanol–water partition coefficient (Wildman–Crippen LogP) is 2.69. The predicted molar refractivity (Wildman–Crippen MR) is 101 cm³/mol. The molecule has 0 saturated heterocycles. The molecule has 6 nitrogen and oxygen atoms in total. The summed E-state index contributed by atoms with van der Waals surface area (Å²) < 4.78 is 0. The first kappa shape index (κ1) is 17.9. The molecule has 2 aromatic rings. The molecule has 0 aliphatic heterocycles. The minimum absolute atomic E-state index is 0.0210. The Labute approximate surface area is 152 Å². The normalized spacial score (nSPS) is 15.2. The topological polar surface area (TPSA) is 90.8 Å². The van der Waals surface area contributed by atoms with E-state index in [0.29, 0.717) is 5.56 Å². The highest BCUT2D eigenvalue weighted by Crippen LogP contribution is 2.25. The van der Waals surface area contributed by atoms with Crippen LogP contribution in [-0.2, 0) is 9.59 Å². The van der Waals surface area contributed by atoms with Gasteiger partial charge in [0.2, 0.25) is 5.91 Å². The van der Waals surface area contributed by atoms with Gasteiger partial charge in [0.25, 0.3) is 5.91 Å². The fraction of sp³-hybridized carbons (Fsp3) is 0.350. The number of hydrogen-bond acceptors (Lipinski definition) is 4. The van der Waals surface area contributed by atoms with Crippen LogP contribution in [0, 0.1) is 5.92 Å². The highest BCUT2D eigenvalue weighted by atomic mass is 16.3. The van der Waals surface area contributed by atoms with Crippen molar-refractivity contribution in [2.24, 2.45) is 11.0 Å². The van der Waals surface area contributed by atoms with E-state index < -0.39 is 5.91 Å². The second-order valence-corrected chi connectivity index (χ2v) is 6.57. The zero-order chi connectivity index (χ0) is 18.4. The van der Waals surface area contributed by atoms with Crippen molar-refractivity contribution in [2.45, 2.75) is 32.1 Å². The summed E-state index contributed by atoms with van der Waals surface area (Å²) in [5, 5.41) is 18.4. The maximum Gasteiger partial charge on any atom is 0.259 e. The molecule has 26 heavy (non-hydrogen) atoms. The molecular formula is C20H23N3O3. The van der Waals surface area contributed by atoms with Gasteiger partial charge in [0, 0.05) is 11.5 Å². The molecule has 1 aliphatic carbocycles. The Hall–Kier alpha value is -2.89. The summed E-state index contributed by atoms with van der Waals surface area (Å²) in [4.78, 5) is 23.9. The number of hydrazone groups is 1. The summed E-state index contributed by atoms with van der Waals surface area (Å²) in [5.74, 6) is -0.347. The number of nitrogens with zero attached hydrogens (tertiary/aromatic N) is 1. The van der Waals surface area contributed by atoms with E-state index in [1.165, 1.54) is 12.6 Å². The summed E-state index contributed by atoms with van der Waals surface area (Å²) in [6.07, 6.45) is 6.53. The van der Waals surface area contributed by atoms with Crippen LogP contribution in [-0.4, -0.2) is 29.7 Å². The van der Waals surface area contributed by atoms with Crippen molar-refractivity contribution < 1.29 is 14.7 Å². The zero-order valence-electron chi connectivity index (χ0n) is 14.6. The number of fused-ring (bicyclic) bond motifs is 1. The molecule has 0 radical (unpaired) electrons. The van der Waals surface area contributed by atoms with Crippen LogP contribution < -0.4 is 10.7 Å². The molecule has 2 aromatic carbocycles. The zero-order valence-corrected chi connectivity index (χ0v) is 14.6. The van der Waals surface area contributed by atoms with Crippen molar-refractivity contribution in [3.63, 3.8) is 0 Å². The summed E-state index contributed by atoms with van der Waals surface area (Å²) in [6, 6.07) is 11.0. The standard InChI is InChI=1S/C20H23N3O3/c24-18-11-10-14-6-4-5-9-16(14)17(18)12-22-23-19(25)13-21-20(26)15-7-2-1-3-8-15/h4-6,9-12,15,24H,1-3,7-8,13H2,(H,21,26)(H,23,25)/b22-12+. The quantitative estimate of drug-likeness (QED) is 0.570. The number of carbonyl (C=O) groups excluding carboxylic acids is 2. The molecule has 1 saturated carbocycles. The lowest BCUT2D eigenvalue weighted by Crippen LogP contribution is -2.38. The molecule has 0 atom stereocenters. The van der Waals surface area contributed by atoms with Gasteiger partial charge in [-0.15, -0.1) is 0 Å².